The van der Waals surface area contributed by atoms with Crippen molar-refractivity contribution in [3.63, 3.8) is 0 Å². The predicted octanol–water partition coefficient (Wildman–Crippen LogP) is 2.65. The van der Waals surface area contributed by atoms with E-state index in [1.165, 1.54) is 0 Å². The van der Waals surface area contributed by atoms with E-state index in [1.807, 2.05) is 6.07 Å². The van der Waals surface area contributed by atoms with Crippen LogP contribution in [0.1, 0.15) is 25.8 Å². The first-order valence-electron chi connectivity index (χ1n) is 6.33. The van der Waals surface area contributed by atoms with Gasteiger partial charge in [-0.05, 0) is 24.6 Å². The molecule has 0 amide bonds. The Balaban J connectivity index is 2.37. The van der Waals surface area contributed by atoms with Crippen LogP contribution in [0.2, 0.25) is 5.02 Å². The summed E-state index contributed by atoms with van der Waals surface area (Å²) in [6, 6.07) is 1.87. The summed E-state index contributed by atoms with van der Waals surface area (Å²) < 4.78 is 10.8. The van der Waals surface area contributed by atoms with Gasteiger partial charge in [0.05, 0.1) is 6.61 Å². The summed E-state index contributed by atoms with van der Waals surface area (Å²) in [6.45, 7) is 7.61. The van der Waals surface area contributed by atoms with Crippen molar-refractivity contribution >= 4 is 11.6 Å². The molecule has 0 fully saturated rings. The standard InChI is InChI=1S/C13H21ClN2O2/c1-3-5-17-6-7-18-13-12(14)8-11(10-16-13)9-15-4-2/h8,10,15H,3-7,9H2,1-2H3. The van der Waals surface area contributed by atoms with Gasteiger partial charge in [0.25, 0.3) is 0 Å². The van der Waals surface area contributed by atoms with Gasteiger partial charge in [-0.1, -0.05) is 25.4 Å². The minimum Gasteiger partial charge on any atom is -0.474 e. The molecule has 4 nitrogen and oxygen atoms in total. The highest BCUT2D eigenvalue weighted by Gasteiger charge is 2.04. The maximum Gasteiger partial charge on any atom is 0.232 e. The SMILES string of the molecule is CCCOCCOc1ncc(CNCC)cc1Cl. The van der Waals surface area contributed by atoms with Crippen LogP contribution in [0, 0.1) is 0 Å². The molecule has 0 aromatic carbocycles. The van der Waals surface area contributed by atoms with Crippen molar-refractivity contribution in [2.75, 3.05) is 26.4 Å². The summed E-state index contributed by atoms with van der Waals surface area (Å²) in [5.41, 5.74) is 1.05. The first-order chi connectivity index (χ1) is 8.77. The van der Waals surface area contributed by atoms with E-state index in [9.17, 15) is 0 Å². The van der Waals surface area contributed by atoms with Crippen molar-refractivity contribution < 1.29 is 9.47 Å². The molecule has 1 aromatic rings. The third kappa shape index (κ3) is 5.67. The van der Waals surface area contributed by atoms with E-state index >= 15 is 0 Å². The van der Waals surface area contributed by atoms with Gasteiger partial charge in [0, 0.05) is 19.3 Å². The van der Waals surface area contributed by atoms with E-state index in [2.05, 4.69) is 24.1 Å². The molecule has 1 rings (SSSR count). The van der Waals surface area contributed by atoms with Gasteiger partial charge in [0.1, 0.15) is 11.6 Å². The van der Waals surface area contributed by atoms with E-state index in [-0.39, 0.29) is 0 Å². The Morgan fingerprint density at radius 3 is 2.78 bits per heavy atom. The largest absolute Gasteiger partial charge is 0.474 e. The fraction of sp³-hybridized carbons (Fsp3) is 0.615. The van der Waals surface area contributed by atoms with Crippen LogP contribution in [0.15, 0.2) is 12.3 Å². The number of hydrogen-bond donors (Lipinski definition) is 1. The van der Waals surface area contributed by atoms with Gasteiger partial charge < -0.3 is 14.8 Å². The average Bonchev–Trinajstić information content (AvgIpc) is 2.38. The van der Waals surface area contributed by atoms with Crippen LogP contribution >= 0.6 is 11.6 Å². The topological polar surface area (TPSA) is 43.4 Å². The molecule has 0 saturated carbocycles. The Morgan fingerprint density at radius 2 is 2.11 bits per heavy atom. The highest BCUT2D eigenvalue weighted by atomic mass is 35.5. The smallest absolute Gasteiger partial charge is 0.232 e. The Hall–Kier alpha value is -0.840. The third-order valence-electron chi connectivity index (χ3n) is 2.26. The van der Waals surface area contributed by atoms with E-state index in [0.29, 0.717) is 24.1 Å². The number of rotatable bonds is 9. The molecule has 0 aliphatic carbocycles. The number of ether oxygens (including phenoxy) is 2. The van der Waals surface area contributed by atoms with Crippen LogP contribution in [0.5, 0.6) is 5.88 Å². The zero-order chi connectivity index (χ0) is 13.2. The summed E-state index contributed by atoms with van der Waals surface area (Å²) in [7, 11) is 0. The number of hydrogen-bond acceptors (Lipinski definition) is 4. The van der Waals surface area contributed by atoms with Crippen molar-refractivity contribution in [1.29, 1.82) is 0 Å². The normalized spacial score (nSPS) is 10.6. The Morgan fingerprint density at radius 1 is 1.28 bits per heavy atom. The lowest BCUT2D eigenvalue weighted by Gasteiger charge is -2.09. The summed E-state index contributed by atoms with van der Waals surface area (Å²) in [5, 5.41) is 3.76. The van der Waals surface area contributed by atoms with E-state index in [1.54, 1.807) is 6.20 Å². The molecule has 0 unspecified atom stereocenters. The third-order valence-corrected chi connectivity index (χ3v) is 2.53. The average molecular weight is 273 g/mol. The van der Waals surface area contributed by atoms with E-state index < -0.39 is 0 Å². The summed E-state index contributed by atoms with van der Waals surface area (Å²) >= 11 is 6.09. The molecular formula is C13H21ClN2O2. The van der Waals surface area contributed by atoms with Crippen LogP contribution in [0.25, 0.3) is 0 Å². The van der Waals surface area contributed by atoms with E-state index in [0.717, 1.165) is 31.7 Å². The van der Waals surface area contributed by atoms with Gasteiger partial charge in [-0.3, -0.25) is 0 Å². The monoisotopic (exact) mass is 272 g/mol. The molecule has 5 heteroatoms. The fourth-order valence-corrected chi connectivity index (χ4v) is 1.62. The Bertz CT molecular complexity index is 348. The quantitative estimate of drug-likeness (QED) is 0.702. The highest BCUT2D eigenvalue weighted by molar-refractivity contribution is 6.31. The molecule has 1 aromatic heterocycles. The molecule has 0 saturated heterocycles. The molecule has 1 N–H and O–H groups in total. The van der Waals surface area contributed by atoms with Gasteiger partial charge in [-0.25, -0.2) is 4.98 Å². The molecule has 0 aliphatic rings. The molecule has 0 bridgehead atoms. The van der Waals surface area contributed by atoms with Crippen LogP contribution in [-0.2, 0) is 11.3 Å². The van der Waals surface area contributed by atoms with Crippen molar-refractivity contribution in [1.82, 2.24) is 10.3 Å². The molecule has 1 heterocycles. The second-order valence-corrected chi connectivity index (χ2v) is 4.28. The summed E-state index contributed by atoms with van der Waals surface area (Å²) in [5.74, 6) is 0.469. The zero-order valence-corrected chi connectivity index (χ0v) is 11.8. The van der Waals surface area contributed by atoms with E-state index in [4.69, 9.17) is 21.1 Å². The molecule has 0 atom stereocenters. The second kappa shape index (κ2) is 9.14. The van der Waals surface area contributed by atoms with Crippen LogP contribution in [0.3, 0.4) is 0 Å². The van der Waals surface area contributed by atoms with Crippen LogP contribution < -0.4 is 10.1 Å². The number of aromatic nitrogens is 1. The highest BCUT2D eigenvalue weighted by Crippen LogP contribution is 2.22. The lowest BCUT2D eigenvalue weighted by Crippen LogP contribution is -2.12. The maximum absolute atomic E-state index is 6.09. The zero-order valence-electron chi connectivity index (χ0n) is 11.0. The molecule has 18 heavy (non-hydrogen) atoms. The second-order valence-electron chi connectivity index (χ2n) is 3.87. The van der Waals surface area contributed by atoms with Crippen LogP contribution in [0.4, 0.5) is 0 Å². The molecule has 0 radical (unpaired) electrons. The summed E-state index contributed by atoms with van der Waals surface area (Å²) in [6.07, 6.45) is 2.79. The minimum absolute atomic E-state index is 0.469. The molecule has 0 spiro atoms. The maximum atomic E-state index is 6.09. The number of nitrogens with zero attached hydrogens (tertiary/aromatic N) is 1. The number of halogens is 1. The van der Waals surface area contributed by atoms with Gasteiger partial charge >= 0.3 is 0 Å². The molecule has 102 valence electrons. The van der Waals surface area contributed by atoms with Crippen molar-refractivity contribution in [2.24, 2.45) is 0 Å². The van der Waals surface area contributed by atoms with Gasteiger partial charge in [-0.2, -0.15) is 0 Å². The van der Waals surface area contributed by atoms with Crippen molar-refractivity contribution in [2.45, 2.75) is 26.8 Å². The lowest BCUT2D eigenvalue weighted by molar-refractivity contribution is 0.0990. The van der Waals surface area contributed by atoms with Crippen molar-refractivity contribution in [3.05, 3.63) is 22.8 Å². The van der Waals surface area contributed by atoms with Gasteiger partial charge in [0.2, 0.25) is 5.88 Å². The van der Waals surface area contributed by atoms with Crippen LogP contribution in [-0.4, -0.2) is 31.3 Å². The van der Waals surface area contributed by atoms with Crippen molar-refractivity contribution in [3.8, 4) is 5.88 Å². The number of pyridine rings is 1. The first-order valence-corrected chi connectivity index (χ1v) is 6.71. The molecule has 0 aliphatic heterocycles. The number of nitrogens with one attached hydrogen (secondary N) is 1. The first kappa shape index (κ1) is 15.2. The predicted molar refractivity (Wildman–Crippen MR) is 73.2 cm³/mol. The molecular weight excluding hydrogens is 252 g/mol. The van der Waals surface area contributed by atoms with Gasteiger partial charge in [-0.15, -0.1) is 0 Å². The minimum atomic E-state index is 0.469. The van der Waals surface area contributed by atoms with Gasteiger partial charge in [0.15, 0.2) is 0 Å². The Labute approximate surface area is 114 Å². The fourth-order valence-electron chi connectivity index (χ4n) is 1.38. The Kier molecular flexibility index (Phi) is 7.73. The summed E-state index contributed by atoms with van der Waals surface area (Å²) in [4.78, 5) is 4.20. The lowest BCUT2D eigenvalue weighted by atomic mass is 10.3.